The molecule has 1 aliphatic rings. The fourth-order valence-electron chi connectivity index (χ4n) is 5.99. The van der Waals surface area contributed by atoms with Crippen LogP contribution in [-0.2, 0) is 29.7 Å². The molecule has 1 saturated heterocycles. The summed E-state index contributed by atoms with van der Waals surface area (Å²) in [5.41, 5.74) is 6.11. The molecule has 1 atom stereocenters. The van der Waals surface area contributed by atoms with Crippen molar-refractivity contribution in [1.82, 2.24) is 19.7 Å². The molecular formula is C38H46N4O2. The largest absolute Gasteiger partial charge is 0.497 e. The van der Waals surface area contributed by atoms with Gasteiger partial charge >= 0.3 is 0 Å². The summed E-state index contributed by atoms with van der Waals surface area (Å²) in [7, 11) is 1.68. The number of aromatic nitrogens is 1. The minimum absolute atomic E-state index is 0.0758. The summed E-state index contributed by atoms with van der Waals surface area (Å²) < 4.78 is 5.33. The highest BCUT2D eigenvalue weighted by Gasteiger charge is 2.38. The van der Waals surface area contributed by atoms with Crippen molar-refractivity contribution in [2.24, 2.45) is 0 Å². The summed E-state index contributed by atoms with van der Waals surface area (Å²) in [6.45, 7) is 11.2. The summed E-state index contributed by atoms with van der Waals surface area (Å²) in [6.07, 6.45) is 3.54. The van der Waals surface area contributed by atoms with Gasteiger partial charge in [0.1, 0.15) is 11.9 Å². The summed E-state index contributed by atoms with van der Waals surface area (Å²) in [5, 5.41) is 0. The van der Waals surface area contributed by atoms with Crippen LogP contribution in [-0.4, -0.2) is 58.9 Å². The van der Waals surface area contributed by atoms with E-state index in [0.29, 0.717) is 13.1 Å². The Hall–Kier alpha value is -4.00. The molecule has 230 valence electrons. The molecule has 0 saturated carbocycles. The van der Waals surface area contributed by atoms with Crippen molar-refractivity contribution in [3.05, 3.63) is 131 Å². The molecule has 0 aliphatic carbocycles. The van der Waals surface area contributed by atoms with Gasteiger partial charge in [0.15, 0.2) is 0 Å². The van der Waals surface area contributed by atoms with Crippen LogP contribution >= 0.6 is 0 Å². The van der Waals surface area contributed by atoms with Crippen LogP contribution in [0.2, 0.25) is 0 Å². The third kappa shape index (κ3) is 8.34. The fraction of sp³-hybridized carbons (Fsp3) is 0.368. The van der Waals surface area contributed by atoms with Crippen molar-refractivity contribution in [3.8, 4) is 5.75 Å². The second-order valence-corrected chi connectivity index (χ2v) is 12.8. The second-order valence-electron chi connectivity index (χ2n) is 12.8. The molecule has 5 rings (SSSR count). The molecule has 1 aromatic heterocycles. The van der Waals surface area contributed by atoms with E-state index in [0.717, 1.165) is 50.5 Å². The fourth-order valence-corrected chi connectivity index (χ4v) is 5.99. The Morgan fingerprint density at radius 1 is 0.841 bits per heavy atom. The molecule has 44 heavy (non-hydrogen) atoms. The van der Waals surface area contributed by atoms with Gasteiger partial charge < -0.3 is 9.64 Å². The molecule has 0 N–H and O–H groups in total. The van der Waals surface area contributed by atoms with Crippen molar-refractivity contribution >= 4 is 5.91 Å². The SMILES string of the molecule is COc1ccc(CCN2C(=O)CN(CCCN(Cc3ccccc3)Cc3ccccn3)C2c2ccc(C(C)(C)C)cc2)cc1. The second kappa shape index (κ2) is 14.7. The molecule has 0 radical (unpaired) electrons. The molecule has 0 bridgehead atoms. The van der Waals surface area contributed by atoms with E-state index in [-0.39, 0.29) is 17.5 Å². The predicted molar refractivity (Wildman–Crippen MR) is 177 cm³/mol. The van der Waals surface area contributed by atoms with Crippen molar-refractivity contribution in [2.75, 3.05) is 33.3 Å². The molecule has 1 fully saturated rings. The third-order valence-electron chi connectivity index (χ3n) is 8.46. The maximum Gasteiger partial charge on any atom is 0.238 e. The number of rotatable bonds is 13. The van der Waals surface area contributed by atoms with Gasteiger partial charge in [0.05, 0.1) is 19.3 Å². The topological polar surface area (TPSA) is 48.9 Å². The number of nitrogens with zero attached hydrogens (tertiary/aromatic N) is 4. The zero-order valence-electron chi connectivity index (χ0n) is 26.7. The molecule has 6 heteroatoms. The van der Waals surface area contributed by atoms with Gasteiger partial charge in [-0.15, -0.1) is 0 Å². The van der Waals surface area contributed by atoms with E-state index in [2.05, 4.69) is 119 Å². The quantitative estimate of drug-likeness (QED) is 0.170. The van der Waals surface area contributed by atoms with E-state index in [1.54, 1.807) is 7.11 Å². The van der Waals surface area contributed by atoms with Crippen molar-refractivity contribution in [3.63, 3.8) is 0 Å². The van der Waals surface area contributed by atoms with Gasteiger partial charge in [-0.1, -0.05) is 93.6 Å². The Kier molecular flexibility index (Phi) is 10.5. The van der Waals surface area contributed by atoms with Gasteiger partial charge in [-0.3, -0.25) is 19.6 Å². The van der Waals surface area contributed by atoms with Gasteiger partial charge in [0, 0.05) is 38.9 Å². The van der Waals surface area contributed by atoms with Gasteiger partial charge in [0.2, 0.25) is 5.91 Å². The lowest BCUT2D eigenvalue weighted by molar-refractivity contribution is -0.128. The van der Waals surface area contributed by atoms with Crippen LogP contribution in [0.3, 0.4) is 0 Å². The Balaban J connectivity index is 1.31. The molecular weight excluding hydrogens is 544 g/mol. The number of pyridine rings is 1. The predicted octanol–water partition coefficient (Wildman–Crippen LogP) is 6.87. The lowest BCUT2D eigenvalue weighted by Crippen LogP contribution is -2.35. The van der Waals surface area contributed by atoms with Crippen LogP contribution in [0.15, 0.2) is 103 Å². The first-order valence-electron chi connectivity index (χ1n) is 15.7. The number of methoxy groups -OCH3 is 1. The summed E-state index contributed by atoms with van der Waals surface area (Å²) in [6, 6.07) is 33.8. The average Bonchev–Trinajstić information content (AvgIpc) is 3.35. The molecule has 2 heterocycles. The van der Waals surface area contributed by atoms with Crippen molar-refractivity contribution in [2.45, 2.75) is 58.3 Å². The number of amides is 1. The van der Waals surface area contributed by atoms with E-state index in [1.165, 1.54) is 22.3 Å². The maximum atomic E-state index is 13.5. The van der Waals surface area contributed by atoms with Crippen LogP contribution in [0.4, 0.5) is 0 Å². The molecule has 6 nitrogen and oxygen atoms in total. The monoisotopic (exact) mass is 590 g/mol. The van der Waals surface area contributed by atoms with Crippen LogP contribution in [0.25, 0.3) is 0 Å². The van der Waals surface area contributed by atoms with Gasteiger partial charge in [-0.2, -0.15) is 0 Å². The first-order chi connectivity index (χ1) is 21.3. The lowest BCUT2D eigenvalue weighted by atomic mass is 9.86. The zero-order chi connectivity index (χ0) is 30.9. The normalized spacial score (nSPS) is 15.7. The Morgan fingerprint density at radius 3 is 2.23 bits per heavy atom. The highest BCUT2D eigenvalue weighted by Crippen LogP contribution is 2.33. The van der Waals surface area contributed by atoms with E-state index in [9.17, 15) is 4.79 Å². The smallest absolute Gasteiger partial charge is 0.238 e. The van der Waals surface area contributed by atoms with Gasteiger partial charge in [-0.05, 0) is 64.8 Å². The van der Waals surface area contributed by atoms with E-state index >= 15 is 0 Å². The highest BCUT2D eigenvalue weighted by atomic mass is 16.5. The van der Waals surface area contributed by atoms with Gasteiger partial charge in [-0.25, -0.2) is 0 Å². The van der Waals surface area contributed by atoms with Crippen LogP contribution in [0, 0.1) is 0 Å². The van der Waals surface area contributed by atoms with E-state index < -0.39 is 0 Å². The Morgan fingerprint density at radius 2 is 1.57 bits per heavy atom. The average molecular weight is 591 g/mol. The summed E-state index contributed by atoms with van der Waals surface area (Å²) in [4.78, 5) is 25.0. The number of ether oxygens (including phenoxy) is 1. The standard InChI is InChI=1S/C38H46N4O2/c1-38(2,3)33-18-16-32(17-19-33)37-41(29-36(43)42(37)26-22-30-14-20-35(44-4)21-15-30)25-10-24-40(27-31-11-6-5-7-12-31)28-34-13-8-9-23-39-34/h5-9,11-21,23,37H,10,22,24-29H2,1-4H3. The minimum atomic E-state index is -0.0758. The molecule has 0 spiro atoms. The first kappa shape index (κ1) is 31.4. The number of hydrogen-bond donors (Lipinski definition) is 0. The maximum absolute atomic E-state index is 13.5. The molecule has 4 aromatic rings. The lowest BCUT2D eigenvalue weighted by Gasteiger charge is -2.32. The number of hydrogen-bond acceptors (Lipinski definition) is 5. The summed E-state index contributed by atoms with van der Waals surface area (Å²) in [5.74, 6) is 1.04. The van der Waals surface area contributed by atoms with Crippen LogP contribution in [0.5, 0.6) is 5.75 Å². The molecule has 1 aliphatic heterocycles. The molecule has 1 unspecified atom stereocenters. The van der Waals surface area contributed by atoms with Crippen molar-refractivity contribution < 1.29 is 9.53 Å². The first-order valence-corrected chi connectivity index (χ1v) is 15.7. The zero-order valence-corrected chi connectivity index (χ0v) is 26.7. The van der Waals surface area contributed by atoms with Crippen LogP contribution < -0.4 is 4.74 Å². The Labute approximate surface area is 263 Å². The van der Waals surface area contributed by atoms with Gasteiger partial charge in [0.25, 0.3) is 0 Å². The number of carbonyl (C=O) groups excluding carboxylic acids is 1. The summed E-state index contributed by atoms with van der Waals surface area (Å²) >= 11 is 0. The van der Waals surface area contributed by atoms with Crippen LogP contribution in [0.1, 0.15) is 61.3 Å². The number of benzene rings is 3. The van der Waals surface area contributed by atoms with E-state index in [1.807, 2.05) is 24.4 Å². The van der Waals surface area contributed by atoms with E-state index in [4.69, 9.17) is 4.74 Å². The molecule has 1 amide bonds. The molecule has 3 aromatic carbocycles. The van der Waals surface area contributed by atoms with Crippen molar-refractivity contribution in [1.29, 1.82) is 0 Å². The number of carbonyl (C=O) groups is 1. The Bertz CT molecular complexity index is 1410. The third-order valence-corrected chi connectivity index (χ3v) is 8.46. The highest BCUT2D eigenvalue weighted by molar-refractivity contribution is 5.81. The minimum Gasteiger partial charge on any atom is -0.497 e.